The molecule has 1 saturated heterocycles. The Morgan fingerprint density at radius 1 is 1.06 bits per heavy atom. The number of carbonyl (C=O) groups excluding carboxylic acids is 4. The fourth-order valence-electron chi connectivity index (χ4n) is 10.8. The molecule has 5 aliphatic rings. The minimum Gasteiger partial charge on any atom is -0.480 e. The second-order valence-corrected chi connectivity index (χ2v) is 18.1. The average molecular weight is 780 g/mol. The summed E-state index contributed by atoms with van der Waals surface area (Å²) < 4.78 is 12.5. The summed E-state index contributed by atoms with van der Waals surface area (Å²) in [6.07, 6.45) is 2.33. The molecule has 16 heteroatoms. The Hall–Kier alpha value is -3.05. The third-order valence-electron chi connectivity index (χ3n) is 14.2. The summed E-state index contributed by atoms with van der Waals surface area (Å²) in [6, 6.07) is -2.51. The molecule has 4 fully saturated rings. The summed E-state index contributed by atoms with van der Waals surface area (Å²) in [5.74, 6) is -3.87. The van der Waals surface area contributed by atoms with E-state index in [0.29, 0.717) is 18.6 Å². The van der Waals surface area contributed by atoms with Crippen molar-refractivity contribution in [2.75, 3.05) is 25.5 Å². The molecule has 0 bridgehead atoms. The molecule has 302 valence electrons. The lowest BCUT2D eigenvalue weighted by atomic mass is 9.45. The number of aliphatic carboxylic acids is 2. The molecular formula is C38H57N3O12S. The number of esters is 1. The van der Waals surface area contributed by atoms with Crippen LogP contribution in [0.4, 0.5) is 0 Å². The lowest BCUT2D eigenvalue weighted by molar-refractivity contribution is -0.268. The fourth-order valence-corrected chi connectivity index (χ4v) is 12.2. The van der Waals surface area contributed by atoms with Gasteiger partial charge in [0.15, 0.2) is 0 Å². The lowest BCUT2D eigenvalue weighted by Crippen LogP contribution is -2.72. The molecule has 13 atom stereocenters. The normalized spacial score (nSPS) is 37.9. The maximum Gasteiger partial charge on any atom is 0.336 e. The van der Waals surface area contributed by atoms with E-state index in [0.717, 1.165) is 43.0 Å². The smallest absolute Gasteiger partial charge is 0.336 e. The van der Waals surface area contributed by atoms with Gasteiger partial charge in [-0.05, 0) is 87.9 Å². The summed E-state index contributed by atoms with van der Waals surface area (Å²) in [7, 11) is 0. The van der Waals surface area contributed by atoms with E-state index in [4.69, 9.17) is 25.4 Å². The number of carbonyl (C=O) groups is 6. The second kappa shape index (κ2) is 16.2. The van der Waals surface area contributed by atoms with Crippen LogP contribution >= 0.6 is 11.8 Å². The predicted octanol–water partition coefficient (Wildman–Crippen LogP) is 1.41. The van der Waals surface area contributed by atoms with Gasteiger partial charge in [-0.25, -0.2) is 4.79 Å². The van der Waals surface area contributed by atoms with Gasteiger partial charge in [0.2, 0.25) is 11.8 Å². The third kappa shape index (κ3) is 7.57. The zero-order chi connectivity index (χ0) is 39.9. The molecule has 0 radical (unpaired) electrons. The largest absolute Gasteiger partial charge is 0.480 e. The van der Waals surface area contributed by atoms with Crippen LogP contribution < -0.4 is 16.4 Å². The monoisotopic (exact) mass is 779 g/mol. The highest BCUT2D eigenvalue weighted by atomic mass is 32.2. The first-order valence-electron chi connectivity index (χ1n) is 19.0. The maximum absolute atomic E-state index is 14.4. The number of carboxylic acids is 2. The van der Waals surface area contributed by atoms with Gasteiger partial charge in [0.1, 0.15) is 36.1 Å². The number of hydrogen-bond donors (Lipinski definition) is 7. The molecule has 2 aliphatic heterocycles. The molecule has 54 heavy (non-hydrogen) atoms. The standard InChI is InChI=1S/C38H57N3O12S/c1-18-12-27(53-35(51)20(18)15-42)19(2)22-6-7-23-21-16-52-38(5)32(47)28(13-29(43)37(38,4)24(21)10-11-36(22,23)3)54-17-26(33(48)40-14-31(45)46)41-30(44)9-8-25(39)34(49)50/h19,21-28,32,42,47H,6-17,39H2,1-5H3,(H,40,48)(H,41,44)(H,45,46)(H,49,50)/t19-,21?,22?,23?,24?,25?,26?,27?,28?,32?,36?,37?,38?/m0/s1. The minimum absolute atomic E-state index is 0.00666. The highest BCUT2D eigenvalue weighted by Gasteiger charge is 2.70. The summed E-state index contributed by atoms with van der Waals surface area (Å²) in [4.78, 5) is 74.9. The number of amides is 2. The van der Waals surface area contributed by atoms with Crippen molar-refractivity contribution in [2.45, 2.75) is 121 Å². The van der Waals surface area contributed by atoms with Gasteiger partial charge in [-0.1, -0.05) is 19.4 Å². The number of nitrogens with one attached hydrogen (secondary N) is 2. The number of ketones is 1. The van der Waals surface area contributed by atoms with Crippen LogP contribution in [-0.2, 0) is 38.2 Å². The van der Waals surface area contributed by atoms with Crippen molar-refractivity contribution in [1.29, 1.82) is 0 Å². The van der Waals surface area contributed by atoms with Gasteiger partial charge in [0, 0.05) is 30.3 Å². The average Bonchev–Trinajstić information content (AvgIpc) is 3.47. The lowest BCUT2D eigenvalue weighted by Gasteiger charge is -2.65. The van der Waals surface area contributed by atoms with E-state index < -0.39 is 70.7 Å². The first-order chi connectivity index (χ1) is 25.3. The molecule has 12 unspecified atom stereocenters. The first kappa shape index (κ1) is 42.1. The maximum atomic E-state index is 14.4. The molecule has 3 aliphatic carbocycles. The summed E-state index contributed by atoms with van der Waals surface area (Å²) in [6.45, 7) is 9.44. The molecule has 8 N–H and O–H groups in total. The molecule has 15 nitrogen and oxygen atoms in total. The molecule has 0 spiro atoms. The number of ether oxygens (including phenoxy) is 2. The van der Waals surface area contributed by atoms with E-state index in [9.17, 15) is 39.0 Å². The van der Waals surface area contributed by atoms with Crippen LogP contribution in [-0.4, -0.2) is 117 Å². The summed E-state index contributed by atoms with van der Waals surface area (Å²) >= 11 is 1.12. The van der Waals surface area contributed by atoms with Crippen LogP contribution in [0.5, 0.6) is 0 Å². The van der Waals surface area contributed by atoms with Crippen molar-refractivity contribution in [3.05, 3.63) is 11.1 Å². The fraction of sp³-hybridized carbons (Fsp3) is 0.789. The van der Waals surface area contributed by atoms with Crippen molar-refractivity contribution in [3.63, 3.8) is 0 Å². The molecule has 5 rings (SSSR count). The number of aliphatic hydroxyl groups is 2. The zero-order valence-corrected chi connectivity index (χ0v) is 32.6. The highest BCUT2D eigenvalue weighted by molar-refractivity contribution is 8.00. The van der Waals surface area contributed by atoms with Crippen molar-refractivity contribution in [2.24, 2.45) is 46.2 Å². The van der Waals surface area contributed by atoms with Crippen molar-refractivity contribution in [1.82, 2.24) is 10.6 Å². The molecule has 2 heterocycles. The number of aliphatic hydroxyl groups excluding tert-OH is 2. The number of thioether (sulfide) groups is 1. The Bertz CT molecular complexity index is 1560. The van der Waals surface area contributed by atoms with Crippen LogP contribution in [0.15, 0.2) is 11.1 Å². The van der Waals surface area contributed by atoms with Crippen LogP contribution in [0.1, 0.15) is 86.0 Å². The SMILES string of the molecule is CC1=C(CO)C(=O)OC([C@@H](C)C2CCC3C4COC5(C)C(O)C(SCC(NC(=O)CCC(N)C(=O)O)C(=O)NCC(=O)O)CC(=O)C5(C)C4CCC32C)C1. The van der Waals surface area contributed by atoms with Gasteiger partial charge in [0.05, 0.1) is 30.3 Å². The number of nitrogens with two attached hydrogens (primary N) is 1. The second-order valence-electron chi connectivity index (χ2n) is 16.8. The predicted molar refractivity (Wildman–Crippen MR) is 196 cm³/mol. The number of carboxylic acid groups (broad SMARTS) is 2. The van der Waals surface area contributed by atoms with Crippen LogP contribution in [0, 0.1) is 40.4 Å². The molecular weight excluding hydrogens is 722 g/mol. The Balaban J connectivity index is 1.28. The minimum atomic E-state index is -1.29. The Morgan fingerprint density at radius 3 is 2.39 bits per heavy atom. The van der Waals surface area contributed by atoms with E-state index in [-0.39, 0.29) is 78.5 Å². The van der Waals surface area contributed by atoms with E-state index in [2.05, 4.69) is 24.5 Å². The Kier molecular flexibility index (Phi) is 12.6. The van der Waals surface area contributed by atoms with Gasteiger partial charge in [-0.3, -0.25) is 24.0 Å². The van der Waals surface area contributed by atoms with Gasteiger partial charge in [0.25, 0.3) is 0 Å². The van der Waals surface area contributed by atoms with Crippen molar-refractivity contribution >= 4 is 47.3 Å². The number of Topliss-reactive ketones (excluding diaryl/α,β-unsaturated/α-hetero) is 1. The van der Waals surface area contributed by atoms with Crippen molar-refractivity contribution < 1.29 is 58.7 Å². The number of hydrogen-bond acceptors (Lipinski definition) is 12. The third-order valence-corrected chi connectivity index (χ3v) is 15.6. The topological polar surface area (TPSA) is 252 Å². The quantitative estimate of drug-likeness (QED) is 0.123. The van der Waals surface area contributed by atoms with E-state index in [1.807, 2.05) is 13.8 Å². The van der Waals surface area contributed by atoms with E-state index in [1.54, 1.807) is 6.92 Å². The highest BCUT2D eigenvalue weighted by Crippen LogP contribution is 2.68. The van der Waals surface area contributed by atoms with Gasteiger partial charge < -0.3 is 46.3 Å². The van der Waals surface area contributed by atoms with Gasteiger partial charge in [-0.15, -0.1) is 0 Å². The van der Waals surface area contributed by atoms with Crippen LogP contribution in [0.2, 0.25) is 0 Å². The molecule has 2 amide bonds. The van der Waals surface area contributed by atoms with Crippen LogP contribution in [0.25, 0.3) is 0 Å². The summed E-state index contributed by atoms with van der Waals surface area (Å²) in [5.41, 5.74) is 4.43. The van der Waals surface area contributed by atoms with Gasteiger partial charge in [-0.2, -0.15) is 11.8 Å². The van der Waals surface area contributed by atoms with E-state index >= 15 is 0 Å². The summed E-state index contributed by atoms with van der Waals surface area (Å²) in [5, 5.41) is 43.8. The number of rotatable bonds is 14. The zero-order valence-electron chi connectivity index (χ0n) is 31.8. The molecule has 0 aromatic rings. The molecule has 0 aromatic heterocycles. The first-order valence-corrected chi connectivity index (χ1v) is 20.1. The Morgan fingerprint density at radius 2 is 1.76 bits per heavy atom. The molecule has 0 aromatic carbocycles. The molecule has 3 saturated carbocycles. The van der Waals surface area contributed by atoms with Crippen molar-refractivity contribution in [3.8, 4) is 0 Å². The van der Waals surface area contributed by atoms with Gasteiger partial charge >= 0.3 is 17.9 Å². The van der Waals surface area contributed by atoms with E-state index in [1.165, 1.54) is 0 Å². The Labute approximate surface area is 319 Å². The number of cyclic esters (lactones) is 1. The van der Waals surface area contributed by atoms with Crippen LogP contribution in [0.3, 0.4) is 0 Å². The number of fused-ring (bicyclic) bond motifs is 5.